The Hall–Kier alpha value is -2.54. The Balaban J connectivity index is 1.69. The van der Waals surface area contributed by atoms with Crippen LogP contribution in [0.5, 0.6) is 5.75 Å². The summed E-state index contributed by atoms with van der Waals surface area (Å²) in [5, 5.41) is 2.73. The lowest BCUT2D eigenvalue weighted by Crippen LogP contribution is -2.37. The average molecular weight is 391 g/mol. The van der Waals surface area contributed by atoms with Gasteiger partial charge in [-0.3, -0.25) is 9.59 Å². The smallest absolute Gasteiger partial charge is 0.317 e. The summed E-state index contributed by atoms with van der Waals surface area (Å²) in [6.45, 7) is 1.94. The van der Waals surface area contributed by atoms with Crippen LogP contribution in [0.1, 0.15) is 12.5 Å². The number of thioether (sulfide) groups is 1. The number of methoxy groups -OCH3 is 1. The normalized spacial score (nSPS) is 11.5. The van der Waals surface area contributed by atoms with Gasteiger partial charge in [-0.1, -0.05) is 24.3 Å². The highest BCUT2D eigenvalue weighted by molar-refractivity contribution is 8.00. The summed E-state index contributed by atoms with van der Waals surface area (Å²) in [5.74, 6) is -0.616. The molecule has 0 aliphatic rings. The topological polar surface area (TPSA) is 64.6 Å². The van der Waals surface area contributed by atoms with E-state index in [9.17, 15) is 14.0 Å². The zero-order valence-corrected chi connectivity index (χ0v) is 16.1. The summed E-state index contributed by atoms with van der Waals surface area (Å²) in [6, 6.07) is 13.7. The quantitative estimate of drug-likeness (QED) is 0.525. The van der Waals surface area contributed by atoms with Gasteiger partial charge in [0.25, 0.3) is 5.91 Å². The van der Waals surface area contributed by atoms with Gasteiger partial charge in [-0.15, -0.1) is 11.8 Å². The van der Waals surface area contributed by atoms with Gasteiger partial charge in [0.2, 0.25) is 0 Å². The van der Waals surface area contributed by atoms with E-state index in [2.05, 4.69) is 5.32 Å². The molecule has 1 N–H and O–H groups in total. The number of carbonyl (C=O) groups excluding carboxylic acids is 2. The number of carbonyl (C=O) groups is 2. The number of hydrogen-bond donors (Lipinski definition) is 1. The highest BCUT2D eigenvalue weighted by Crippen LogP contribution is 2.21. The lowest BCUT2D eigenvalue weighted by Gasteiger charge is -2.13. The van der Waals surface area contributed by atoms with Gasteiger partial charge in [-0.2, -0.15) is 0 Å². The van der Waals surface area contributed by atoms with Crippen molar-refractivity contribution in [2.75, 3.05) is 19.4 Å². The summed E-state index contributed by atoms with van der Waals surface area (Å²) < 4.78 is 23.7. The molecule has 0 saturated carbocycles. The molecule has 144 valence electrons. The van der Waals surface area contributed by atoms with Crippen molar-refractivity contribution in [3.05, 3.63) is 59.9 Å². The number of benzene rings is 2. The Kier molecular flexibility index (Phi) is 8.13. The average Bonchev–Trinajstić information content (AvgIpc) is 2.67. The van der Waals surface area contributed by atoms with Crippen molar-refractivity contribution in [3.63, 3.8) is 0 Å². The van der Waals surface area contributed by atoms with Crippen LogP contribution >= 0.6 is 11.8 Å². The molecule has 1 atom stereocenters. The maximum absolute atomic E-state index is 13.5. The molecule has 2 rings (SSSR count). The third-order valence-corrected chi connectivity index (χ3v) is 4.75. The fourth-order valence-electron chi connectivity index (χ4n) is 2.25. The van der Waals surface area contributed by atoms with Crippen molar-refractivity contribution in [2.24, 2.45) is 0 Å². The minimum atomic E-state index is -0.908. The zero-order chi connectivity index (χ0) is 19.6. The summed E-state index contributed by atoms with van der Waals surface area (Å²) in [5.41, 5.74) is 1.06. The number of esters is 1. The summed E-state index contributed by atoms with van der Waals surface area (Å²) in [4.78, 5) is 24.2. The molecule has 7 heteroatoms. The van der Waals surface area contributed by atoms with Crippen molar-refractivity contribution in [1.82, 2.24) is 5.32 Å². The van der Waals surface area contributed by atoms with Crippen LogP contribution in [0, 0.1) is 5.82 Å². The largest absolute Gasteiger partial charge is 0.497 e. The van der Waals surface area contributed by atoms with E-state index in [1.54, 1.807) is 25.3 Å². The first-order valence-electron chi connectivity index (χ1n) is 8.47. The molecule has 27 heavy (non-hydrogen) atoms. The number of hydrogen-bond acceptors (Lipinski definition) is 5. The minimum Gasteiger partial charge on any atom is -0.497 e. The van der Waals surface area contributed by atoms with Gasteiger partial charge < -0.3 is 14.8 Å². The van der Waals surface area contributed by atoms with E-state index in [1.807, 2.05) is 24.3 Å². The maximum atomic E-state index is 13.5. The van der Waals surface area contributed by atoms with Gasteiger partial charge in [0.15, 0.2) is 6.10 Å². The molecule has 0 unspecified atom stereocenters. The molecule has 0 fully saturated rings. The van der Waals surface area contributed by atoms with Crippen LogP contribution < -0.4 is 10.1 Å². The van der Waals surface area contributed by atoms with E-state index in [-0.39, 0.29) is 17.5 Å². The summed E-state index contributed by atoms with van der Waals surface area (Å²) >= 11 is 1.04. The molecule has 0 heterocycles. The Labute approximate surface area is 162 Å². The van der Waals surface area contributed by atoms with Crippen molar-refractivity contribution < 1.29 is 23.5 Å². The van der Waals surface area contributed by atoms with Crippen LogP contribution in [0.15, 0.2) is 53.4 Å². The molecule has 2 aromatic carbocycles. The Morgan fingerprint density at radius 1 is 1.15 bits per heavy atom. The molecule has 0 spiro atoms. The molecule has 0 aliphatic carbocycles. The van der Waals surface area contributed by atoms with E-state index in [1.165, 1.54) is 13.0 Å². The fourth-order valence-corrected chi connectivity index (χ4v) is 2.97. The molecule has 0 radical (unpaired) electrons. The molecule has 0 bridgehead atoms. The van der Waals surface area contributed by atoms with Gasteiger partial charge in [-0.25, -0.2) is 4.39 Å². The van der Waals surface area contributed by atoms with Crippen LogP contribution in [0.2, 0.25) is 0 Å². The maximum Gasteiger partial charge on any atom is 0.317 e. The van der Waals surface area contributed by atoms with Crippen molar-refractivity contribution >= 4 is 23.6 Å². The molecule has 1 amide bonds. The second-order valence-corrected chi connectivity index (χ2v) is 6.76. The van der Waals surface area contributed by atoms with Gasteiger partial charge in [-0.05, 0) is 43.2 Å². The minimum absolute atomic E-state index is 0.0651. The molecule has 0 aromatic heterocycles. The van der Waals surface area contributed by atoms with E-state index < -0.39 is 12.1 Å². The number of halogens is 1. The number of nitrogens with one attached hydrogen (secondary N) is 1. The Morgan fingerprint density at radius 2 is 1.85 bits per heavy atom. The lowest BCUT2D eigenvalue weighted by molar-refractivity contribution is -0.152. The van der Waals surface area contributed by atoms with Crippen LogP contribution in [0.25, 0.3) is 0 Å². The highest BCUT2D eigenvalue weighted by atomic mass is 32.2. The number of amides is 1. The fraction of sp³-hybridized carbons (Fsp3) is 0.300. The molecular weight excluding hydrogens is 369 g/mol. The standard InChI is InChI=1S/C20H22FNO4S/c1-14(26-19(23)13-27-18-6-4-3-5-17(18)21)20(24)22-12-11-15-7-9-16(25-2)10-8-15/h3-10,14H,11-13H2,1-2H3,(H,22,24)/t14-/m1/s1. The Morgan fingerprint density at radius 3 is 2.52 bits per heavy atom. The van der Waals surface area contributed by atoms with Crippen LogP contribution in [0.3, 0.4) is 0 Å². The zero-order valence-electron chi connectivity index (χ0n) is 15.2. The first-order chi connectivity index (χ1) is 13.0. The van der Waals surface area contributed by atoms with Crippen LogP contribution in [-0.4, -0.2) is 37.4 Å². The summed E-state index contributed by atoms with van der Waals surface area (Å²) in [6.07, 6.45) is -0.255. The van der Waals surface area contributed by atoms with E-state index in [4.69, 9.17) is 9.47 Å². The van der Waals surface area contributed by atoms with Gasteiger partial charge >= 0.3 is 5.97 Å². The molecule has 0 saturated heterocycles. The first-order valence-corrected chi connectivity index (χ1v) is 9.45. The summed E-state index contributed by atoms with van der Waals surface area (Å²) in [7, 11) is 1.60. The van der Waals surface area contributed by atoms with E-state index in [0.717, 1.165) is 23.1 Å². The second-order valence-electron chi connectivity index (χ2n) is 5.74. The van der Waals surface area contributed by atoms with Crippen molar-refractivity contribution in [3.8, 4) is 5.75 Å². The van der Waals surface area contributed by atoms with Crippen molar-refractivity contribution in [2.45, 2.75) is 24.3 Å². The SMILES string of the molecule is COc1ccc(CCNC(=O)[C@@H](C)OC(=O)CSc2ccccc2F)cc1. The third kappa shape index (κ3) is 6.94. The Bertz CT molecular complexity index is 767. The first kappa shape index (κ1) is 20.8. The van der Waals surface area contributed by atoms with Gasteiger partial charge in [0.05, 0.1) is 12.9 Å². The molecule has 0 aliphatic heterocycles. The van der Waals surface area contributed by atoms with Crippen LogP contribution in [0.4, 0.5) is 4.39 Å². The monoisotopic (exact) mass is 391 g/mol. The van der Waals surface area contributed by atoms with Crippen LogP contribution in [-0.2, 0) is 20.7 Å². The lowest BCUT2D eigenvalue weighted by atomic mass is 10.1. The van der Waals surface area contributed by atoms with Crippen molar-refractivity contribution in [1.29, 1.82) is 0 Å². The van der Waals surface area contributed by atoms with Gasteiger partial charge in [0, 0.05) is 11.4 Å². The predicted molar refractivity (Wildman–Crippen MR) is 102 cm³/mol. The third-order valence-electron chi connectivity index (χ3n) is 3.73. The van der Waals surface area contributed by atoms with E-state index >= 15 is 0 Å². The van der Waals surface area contributed by atoms with E-state index in [0.29, 0.717) is 17.9 Å². The molecule has 5 nitrogen and oxygen atoms in total. The molecule has 2 aromatic rings. The predicted octanol–water partition coefficient (Wildman–Crippen LogP) is 3.22. The second kappa shape index (κ2) is 10.6. The highest BCUT2D eigenvalue weighted by Gasteiger charge is 2.17. The van der Waals surface area contributed by atoms with Gasteiger partial charge in [0.1, 0.15) is 11.6 Å². The number of ether oxygens (including phenoxy) is 2. The number of rotatable bonds is 9. The molecular formula is C20H22FNO4S.